The van der Waals surface area contributed by atoms with E-state index >= 15 is 0 Å². The number of nitrogens with zero attached hydrogens (tertiary/aromatic N) is 2. The predicted octanol–water partition coefficient (Wildman–Crippen LogP) is 5.70. The Morgan fingerprint density at radius 3 is 2.41 bits per heavy atom. The van der Waals surface area contributed by atoms with Crippen LogP contribution in [0.1, 0.15) is 22.4 Å². The van der Waals surface area contributed by atoms with Crippen LogP contribution in [0.25, 0.3) is 11.0 Å². The van der Waals surface area contributed by atoms with Crippen LogP contribution in [0.3, 0.4) is 0 Å². The molecule has 4 rings (SSSR count). The van der Waals surface area contributed by atoms with E-state index in [4.69, 9.17) is 4.74 Å². The highest BCUT2D eigenvalue weighted by molar-refractivity contribution is 5.86. The Hall–Kier alpha value is -3.28. The summed E-state index contributed by atoms with van der Waals surface area (Å²) in [6.07, 6.45) is 1.63. The van der Waals surface area contributed by atoms with Crippen molar-refractivity contribution < 1.29 is 17.9 Å². The molecule has 0 atom stereocenters. The van der Waals surface area contributed by atoms with E-state index in [1.54, 1.807) is 30.5 Å². The van der Waals surface area contributed by atoms with Crippen molar-refractivity contribution >= 4 is 11.0 Å². The molecule has 0 bridgehead atoms. The van der Waals surface area contributed by atoms with E-state index in [0.29, 0.717) is 23.4 Å². The standard InChI is InChI=1S/C23H19F3N2O/c1-14-15(2)28(12-17-5-3-4-6-20(17)26)23-21(7-8-27-22(14)23)29-13-16-9-18(24)11-19(25)10-16/h3-11H,12-13H2,1-2H3. The number of fused-ring (bicyclic) bond motifs is 1. The van der Waals surface area contributed by atoms with Crippen LogP contribution in [-0.4, -0.2) is 9.55 Å². The van der Waals surface area contributed by atoms with Crippen LogP contribution in [0.2, 0.25) is 0 Å². The van der Waals surface area contributed by atoms with E-state index < -0.39 is 11.6 Å². The van der Waals surface area contributed by atoms with Crippen LogP contribution in [0.5, 0.6) is 5.75 Å². The van der Waals surface area contributed by atoms with Gasteiger partial charge in [0.1, 0.15) is 35.3 Å². The minimum absolute atomic E-state index is 0.00321. The van der Waals surface area contributed by atoms with Gasteiger partial charge in [-0.05, 0) is 43.2 Å². The summed E-state index contributed by atoms with van der Waals surface area (Å²) in [5, 5.41) is 0. The zero-order valence-electron chi connectivity index (χ0n) is 16.0. The van der Waals surface area contributed by atoms with Crippen LogP contribution in [0.4, 0.5) is 13.2 Å². The molecule has 3 nitrogen and oxygen atoms in total. The predicted molar refractivity (Wildman–Crippen MR) is 105 cm³/mol. The number of aromatic nitrogens is 2. The Morgan fingerprint density at radius 1 is 0.966 bits per heavy atom. The van der Waals surface area contributed by atoms with Gasteiger partial charge in [-0.1, -0.05) is 18.2 Å². The first kappa shape index (κ1) is 19.1. The van der Waals surface area contributed by atoms with Gasteiger partial charge in [-0.3, -0.25) is 4.98 Å². The van der Waals surface area contributed by atoms with Gasteiger partial charge < -0.3 is 9.30 Å². The molecule has 0 fully saturated rings. The van der Waals surface area contributed by atoms with Gasteiger partial charge >= 0.3 is 0 Å². The largest absolute Gasteiger partial charge is 0.487 e. The number of pyridine rings is 1. The topological polar surface area (TPSA) is 27.1 Å². The summed E-state index contributed by atoms with van der Waals surface area (Å²) < 4.78 is 49.0. The van der Waals surface area contributed by atoms with Crippen molar-refractivity contribution in [2.75, 3.05) is 0 Å². The lowest BCUT2D eigenvalue weighted by Gasteiger charge is -2.13. The molecule has 0 amide bonds. The normalized spacial score (nSPS) is 11.2. The summed E-state index contributed by atoms with van der Waals surface area (Å²) in [5.41, 5.74) is 4.33. The quantitative estimate of drug-likeness (QED) is 0.433. The number of rotatable bonds is 5. The highest BCUT2D eigenvalue weighted by atomic mass is 19.1. The maximum Gasteiger partial charge on any atom is 0.147 e. The van der Waals surface area contributed by atoms with Crippen LogP contribution in [0, 0.1) is 31.3 Å². The Balaban J connectivity index is 1.75. The smallest absolute Gasteiger partial charge is 0.147 e. The molecular weight excluding hydrogens is 377 g/mol. The van der Waals surface area contributed by atoms with E-state index in [-0.39, 0.29) is 12.4 Å². The monoisotopic (exact) mass is 396 g/mol. The summed E-state index contributed by atoms with van der Waals surface area (Å²) in [6.45, 7) is 4.22. The molecule has 0 aliphatic heterocycles. The third-order valence-electron chi connectivity index (χ3n) is 5.06. The van der Waals surface area contributed by atoms with Gasteiger partial charge in [0, 0.05) is 29.6 Å². The van der Waals surface area contributed by atoms with Crippen molar-refractivity contribution in [2.45, 2.75) is 27.0 Å². The van der Waals surface area contributed by atoms with Crippen molar-refractivity contribution in [3.63, 3.8) is 0 Å². The highest BCUT2D eigenvalue weighted by Crippen LogP contribution is 2.32. The molecule has 2 aromatic heterocycles. The SMILES string of the molecule is Cc1c(C)n(Cc2ccccc2F)c2c(OCc3cc(F)cc(F)c3)ccnc12. The number of benzene rings is 2. The first-order chi connectivity index (χ1) is 13.9. The van der Waals surface area contributed by atoms with Crippen LogP contribution in [-0.2, 0) is 13.2 Å². The minimum Gasteiger partial charge on any atom is -0.487 e. The molecule has 0 spiro atoms. The second-order valence-electron chi connectivity index (χ2n) is 6.96. The first-order valence-corrected chi connectivity index (χ1v) is 9.19. The van der Waals surface area contributed by atoms with E-state index in [1.807, 2.05) is 18.4 Å². The fourth-order valence-electron chi connectivity index (χ4n) is 3.48. The molecule has 2 aromatic carbocycles. The van der Waals surface area contributed by atoms with E-state index in [2.05, 4.69) is 4.98 Å². The molecule has 4 aromatic rings. The number of hydrogen-bond donors (Lipinski definition) is 0. The van der Waals surface area contributed by atoms with Gasteiger partial charge in [0.05, 0.1) is 12.1 Å². The summed E-state index contributed by atoms with van der Waals surface area (Å²) >= 11 is 0. The van der Waals surface area contributed by atoms with E-state index in [0.717, 1.165) is 28.4 Å². The van der Waals surface area contributed by atoms with Crippen molar-refractivity contribution in [1.29, 1.82) is 0 Å². The molecular formula is C23H19F3N2O. The molecule has 2 heterocycles. The fraction of sp³-hybridized carbons (Fsp3) is 0.174. The van der Waals surface area contributed by atoms with Crippen LogP contribution >= 0.6 is 0 Å². The van der Waals surface area contributed by atoms with Gasteiger partial charge in [-0.25, -0.2) is 13.2 Å². The molecule has 6 heteroatoms. The van der Waals surface area contributed by atoms with Crippen LogP contribution < -0.4 is 4.74 Å². The zero-order valence-corrected chi connectivity index (χ0v) is 16.0. The van der Waals surface area contributed by atoms with Gasteiger partial charge in [0.15, 0.2) is 0 Å². The second kappa shape index (κ2) is 7.62. The third-order valence-corrected chi connectivity index (χ3v) is 5.06. The van der Waals surface area contributed by atoms with E-state index in [9.17, 15) is 13.2 Å². The van der Waals surface area contributed by atoms with Crippen LogP contribution in [0.15, 0.2) is 54.7 Å². The van der Waals surface area contributed by atoms with E-state index in [1.165, 1.54) is 18.2 Å². The molecule has 0 unspecified atom stereocenters. The molecule has 0 saturated carbocycles. The van der Waals surface area contributed by atoms with Crippen molar-refractivity contribution in [3.05, 3.63) is 94.6 Å². The Kier molecular flexibility index (Phi) is 5.01. The molecule has 148 valence electrons. The number of halogens is 3. The summed E-state index contributed by atoms with van der Waals surface area (Å²) in [4.78, 5) is 4.46. The van der Waals surface area contributed by atoms with Gasteiger partial charge in [0.2, 0.25) is 0 Å². The molecule has 0 radical (unpaired) electrons. The summed E-state index contributed by atoms with van der Waals surface area (Å²) in [5.74, 6) is -1.07. The van der Waals surface area contributed by atoms with Gasteiger partial charge in [0.25, 0.3) is 0 Å². The molecule has 0 saturated heterocycles. The second-order valence-corrected chi connectivity index (χ2v) is 6.96. The molecule has 29 heavy (non-hydrogen) atoms. The zero-order chi connectivity index (χ0) is 20.5. The van der Waals surface area contributed by atoms with Crippen molar-refractivity contribution in [2.24, 2.45) is 0 Å². The third kappa shape index (κ3) is 3.70. The molecule has 0 aliphatic rings. The first-order valence-electron chi connectivity index (χ1n) is 9.19. The Morgan fingerprint density at radius 2 is 1.69 bits per heavy atom. The maximum atomic E-state index is 14.2. The maximum absolute atomic E-state index is 14.2. The number of ether oxygens (including phenoxy) is 1. The number of hydrogen-bond acceptors (Lipinski definition) is 2. The lowest BCUT2D eigenvalue weighted by molar-refractivity contribution is 0.307. The fourth-order valence-corrected chi connectivity index (χ4v) is 3.48. The van der Waals surface area contributed by atoms with Gasteiger partial charge in [-0.15, -0.1) is 0 Å². The molecule has 0 aliphatic carbocycles. The molecule has 0 N–H and O–H groups in total. The lowest BCUT2D eigenvalue weighted by atomic mass is 10.2. The average Bonchev–Trinajstić information content (AvgIpc) is 2.93. The number of aryl methyl sites for hydroxylation is 1. The lowest BCUT2D eigenvalue weighted by Crippen LogP contribution is -2.06. The van der Waals surface area contributed by atoms with Crippen molar-refractivity contribution in [3.8, 4) is 5.75 Å². The Bertz CT molecular complexity index is 1180. The van der Waals surface area contributed by atoms with Gasteiger partial charge in [-0.2, -0.15) is 0 Å². The summed E-state index contributed by atoms with van der Waals surface area (Å²) in [7, 11) is 0. The van der Waals surface area contributed by atoms with Crippen molar-refractivity contribution in [1.82, 2.24) is 9.55 Å². The minimum atomic E-state index is -0.655. The Labute approximate surface area is 166 Å². The average molecular weight is 396 g/mol. The summed E-state index contributed by atoms with van der Waals surface area (Å²) in [6, 6.07) is 11.6. The highest BCUT2D eigenvalue weighted by Gasteiger charge is 2.18.